The van der Waals surface area contributed by atoms with Crippen molar-refractivity contribution in [2.75, 3.05) is 20.6 Å². The van der Waals surface area contributed by atoms with Gasteiger partial charge in [0.1, 0.15) is 11.9 Å². The Balaban J connectivity index is 1.51. The molecular formula is C31H37N7O3. The number of nitrogens with one attached hydrogen (secondary N) is 4. The third-order valence-electron chi connectivity index (χ3n) is 8.99. The van der Waals surface area contributed by atoms with Gasteiger partial charge in [-0.1, -0.05) is 12.1 Å². The summed E-state index contributed by atoms with van der Waals surface area (Å²) in [4.78, 5) is 39.8. The molecule has 2 aromatic carbocycles. The Morgan fingerprint density at radius 2 is 1.61 bits per heavy atom. The SMILES string of the molecule is CNC(=O)c1ccc2c(c1)CCc1cc(C(=O)NC)ccc1C2(C[C@@H](C)NCC(=O)N1[C@H](C#N)C[C@@H]2C[C@@H]21)C(=N)N. The summed E-state index contributed by atoms with van der Waals surface area (Å²) >= 11 is 0. The van der Waals surface area contributed by atoms with Crippen LogP contribution in [0.4, 0.5) is 0 Å². The van der Waals surface area contributed by atoms with Crippen LogP contribution in [0.15, 0.2) is 36.4 Å². The molecule has 1 saturated heterocycles. The first-order valence-electron chi connectivity index (χ1n) is 14.1. The van der Waals surface area contributed by atoms with Crippen LogP contribution in [-0.2, 0) is 23.1 Å². The number of fused-ring (bicyclic) bond motifs is 3. The Labute approximate surface area is 240 Å². The number of nitriles is 1. The number of carbonyl (C=O) groups excluding carboxylic acids is 3. The predicted molar refractivity (Wildman–Crippen MR) is 155 cm³/mol. The molecule has 1 aliphatic heterocycles. The van der Waals surface area contributed by atoms with Crippen LogP contribution in [0.3, 0.4) is 0 Å². The topological polar surface area (TPSA) is 164 Å². The van der Waals surface area contributed by atoms with E-state index in [1.54, 1.807) is 31.1 Å². The fourth-order valence-electron chi connectivity index (χ4n) is 6.85. The normalized spacial score (nSPS) is 22.2. The van der Waals surface area contributed by atoms with E-state index in [4.69, 9.17) is 11.1 Å². The molecule has 2 aliphatic carbocycles. The Morgan fingerprint density at radius 1 is 1.05 bits per heavy atom. The maximum atomic E-state index is 13.1. The quantitative estimate of drug-likeness (QED) is 0.245. The number of benzene rings is 2. The first-order valence-corrected chi connectivity index (χ1v) is 14.1. The lowest BCUT2D eigenvalue weighted by atomic mass is 9.67. The lowest BCUT2D eigenvalue weighted by Crippen LogP contribution is -2.49. The average molecular weight is 556 g/mol. The number of piperidine rings is 1. The molecule has 0 aromatic heterocycles. The molecule has 0 bridgehead atoms. The van der Waals surface area contributed by atoms with Gasteiger partial charge < -0.3 is 26.6 Å². The van der Waals surface area contributed by atoms with E-state index >= 15 is 0 Å². The van der Waals surface area contributed by atoms with Crippen molar-refractivity contribution in [2.45, 2.75) is 62.6 Å². The van der Waals surface area contributed by atoms with Crippen molar-refractivity contribution in [3.8, 4) is 6.07 Å². The number of aryl methyl sites for hydroxylation is 2. The summed E-state index contributed by atoms with van der Waals surface area (Å²) in [6, 6.07) is 12.8. The van der Waals surface area contributed by atoms with Crippen LogP contribution in [0.2, 0.25) is 0 Å². The highest BCUT2D eigenvalue weighted by molar-refractivity contribution is 5.98. The molecule has 0 radical (unpaired) electrons. The number of hydrogen-bond donors (Lipinski definition) is 5. The number of nitrogens with zero attached hydrogens (tertiary/aromatic N) is 2. The summed E-state index contributed by atoms with van der Waals surface area (Å²) < 4.78 is 0. The molecule has 214 valence electrons. The molecule has 2 fully saturated rings. The highest BCUT2D eigenvalue weighted by Crippen LogP contribution is 2.48. The second-order valence-corrected chi connectivity index (χ2v) is 11.5. The fraction of sp³-hybridized carbons (Fsp3) is 0.452. The van der Waals surface area contributed by atoms with E-state index in [2.05, 4.69) is 22.0 Å². The van der Waals surface area contributed by atoms with E-state index in [0.717, 1.165) is 35.1 Å². The van der Waals surface area contributed by atoms with Gasteiger partial charge in [-0.25, -0.2) is 0 Å². The minimum Gasteiger partial charge on any atom is -0.387 e. The van der Waals surface area contributed by atoms with Crippen LogP contribution in [-0.4, -0.2) is 67.2 Å². The van der Waals surface area contributed by atoms with Crippen molar-refractivity contribution in [3.05, 3.63) is 69.8 Å². The number of carbonyl (C=O) groups is 3. The van der Waals surface area contributed by atoms with E-state index in [1.807, 2.05) is 31.2 Å². The maximum absolute atomic E-state index is 13.1. The first kappa shape index (κ1) is 28.3. The van der Waals surface area contributed by atoms with Crippen LogP contribution >= 0.6 is 0 Å². The third kappa shape index (κ3) is 4.95. The van der Waals surface area contributed by atoms with E-state index in [-0.39, 0.29) is 48.2 Å². The molecule has 3 amide bonds. The molecular weight excluding hydrogens is 518 g/mol. The number of rotatable bonds is 8. The molecule has 3 aliphatic rings. The number of likely N-dealkylation sites (tertiary alicyclic amines) is 1. The summed E-state index contributed by atoms with van der Waals surface area (Å²) in [5.41, 5.74) is 10.00. The van der Waals surface area contributed by atoms with Crippen molar-refractivity contribution in [2.24, 2.45) is 11.7 Å². The Kier molecular flexibility index (Phi) is 7.58. The lowest BCUT2D eigenvalue weighted by molar-refractivity contribution is -0.131. The molecule has 5 rings (SSSR count). The second kappa shape index (κ2) is 11.0. The minimum absolute atomic E-state index is 0.0489. The Bertz CT molecular complexity index is 1390. The van der Waals surface area contributed by atoms with Gasteiger partial charge in [0, 0.05) is 37.3 Å². The highest BCUT2D eigenvalue weighted by atomic mass is 16.2. The van der Waals surface area contributed by atoms with Gasteiger partial charge in [-0.05, 0) is 91.5 Å². The molecule has 2 aromatic rings. The van der Waals surface area contributed by atoms with Crippen molar-refractivity contribution in [1.29, 1.82) is 10.7 Å². The summed E-state index contributed by atoms with van der Waals surface area (Å²) in [5.74, 6) is -0.0900. The zero-order valence-corrected chi connectivity index (χ0v) is 23.7. The number of nitrogens with two attached hydrogens (primary N) is 1. The van der Waals surface area contributed by atoms with E-state index < -0.39 is 5.41 Å². The molecule has 6 N–H and O–H groups in total. The molecule has 0 spiro atoms. The van der Waals surface area contributed by atoms with Crippen LogP contribution in [0.25, 0.3) is 0 Å². The minimum atomic E-state index is -1.05. The van der Waals surface area contributed by atoms with Gasteiger partial charge in [0.15, 0.2) is 0 Å². The van der Waals surface area contributed by atoms with Crippen molar-refractivity contribution in [3.63, 3.8) is 0 Å². The maximum Gasteiger partial charge on any atom is 0.251 e. The van der Waals surface area contributed by atoms with Crippen molar-refractivity contribution < 1.29 is 14.4 Å². The molecule has 41 heavy (non-hydrogen) atoms. The monoisotopic (exact) mass is 555 g/mol. The largest absolute Gasteiger partial charge is 0.387 e. The van der Waals surface area contributed by atoms with Crippen LogP contribution in [0.1, 0.15) is 69.2 Å². The van der Waals surface area contributed by atoms with E-state index in [9.17, 15) is 19.6 Å². The van der Waals surface area contributed by atoms with Crippen LogP contribution in [0, 0.1) is 22.7 Å². The molecule has 4 atom stereocenters. The first-order chi connectivity index (χ1) is 19.6. The molecule has 1 saturated carbocycles. The zero-order valence-electron chi connectivity index (χ0n) is 23.7. The molecule has 10 nitrogen and oxygen atoms in total. The third-order valence-corrected chi connectivity index (χ3v) is 8.99. The van der Waals surface area contributed by atoms with Gasteiger partial charge in [0.05, 0.1) is 18.0 Å². The highest BCUT2D eigenvalue weighted by Gasteiger charge is 2.54. The number of amides is 3. The van der Waals surface area contributed by atoms with Gasteiger partial charge in [0.25, 0.3) is 11.8 Å². The number of amidine groups is 1. The van der Waals surface area contributed by atoms with Crippen molar-refractivity contribution in [1.82, 2.24) is 20.9 Å². The van der Waals surface area contributed by atoms with Crippen LogP contribution in [0.5, 0.6) is 0 Å². The Morgan fingerprint density at radius 3 is 2.10 bits per heavy atom. The smallest absolute Gasteiger partial charge is 0.251 e. The lowest BCUT2D eigenvalue weighted by Gasteiger charge is -2.38. The summed E-state index contributed by atoms with van der Waals surface area (Å²) in [6.07, 6.45) is 3.30. The van der Waals surface area contributed by atoms with Gasteiger partial charge in [-0.2, -0.15) is 5.26 Å². The molecule has 1 heterocycles. The Hall–Kier alpha value is -4.23. The zero-order chi connectivity index (χ0) is 29.5. The summed E-state index contributed by atoms with van der Waals surface area (Å²) in [6.45, 7) is 2.05. The van der Waals surface area contributed by atoms with Crippen LogP contribution < -0.4 is 21.7 Å². The van der Waals surface area contributed by atoms with E-state index in [0.29, 0.717) is 36.3 Å². The van der Waals surface area contributed by atoms with Gasteiger partial charge in [-0.15, -0.1) is 0 Å². The van der Waals surface area contributed by atoms with Gasteiger partial charge in [0.2, 0.25) is 5.91 Å². The van der Waals surface area contributed by atoms with E-state index in [1.165, 1.54) is 0 Å². The van der Waals surface area contributed by atoms with Crippen molar-refractivity contribution >= 4 is 23.6 Å². The van der Waals surface area contributed by atoms with Gasteiger partial charge in [-0.3, -0.25) is 19.8 Å². The number of hydrogen-bond acceptors (Lipinski definition) is 6. The average Bonchev–Trinajstić information content (AvgIpc) is 3.67. The summed E-state index contributed by atoms with van der Waals surface area (Å²) in [5, 5.41) is 27.2. The second-order valence-electron chi connectivity index (χ2n) is 11.5. The molecule has 0 unspecified atom stereocenters. The fourth-order valence-corrected chi connectivity index (χ4v) is 6.85. The standard InChI is InChI=1S/C31H37N7O3/c1-17(37-16-27(39)38-23(15-32)12-22-13-26(22)38)14-31(30(33)34)24-8-6-20(28(40)35-2)10-18(24)4-5-19-11-21(29(41)36-3)7-9-25(19)31/h6-11,17,22-23,26,37H,4-5,12-14,16H2,1-3H3,(H3,33,34)(H,35,40)(H,36,41)/t17-,22-,23+,26+/m1/s1. The summed E-state index contributed by atoms with van der Waals surface area (Å²) in [7, 11) is 3.17. The molecule has 10 heteroatoms. The predicted octanol–water partition coefficient (Wildman–Crippen LogP) is 1.61. The van der Waals surface area contributed by atoms with Gasteiger partial charge >= 0.3 is 0 Å².